The summed E-state index contributed by atoms with van der Waals surface area (Å²) in [5, 5.41) is 10.3. The van der Waals surface area contributed by atoms with Crippen LogP contribution in [-0.2, 0) is 9.53 Å². The lowest BCUT2D eigenvalue weighted by Gasteiger charge is -2.58. The third-order valence-electron chi connectivity index (χ3n) is 12.3. The van der Waals surface area contributed by atoms with Crippen molar-refractivity contribution in [1.29, 1.82) is 0 Å². The quantitative estimate of drug-likeness (QED) is 0.461. The number of rotatable bonds is 5. The van der Waals surface area contributed by atoms with Crippen molar-refractivity contribution in [2.24, 2.45) is 40.4 Å². The zero-order valence-corrected chi connectivity index (χ0v) is 24.0. The van der Waals surface area contributed by atoms with Crippen LogP contribution in [0.3, 0.4) is 0 Å². The van der Waals surface area contributed by atoms with Gasteiger partial charge in [-0.1, -0.05) is 32.4 Å². The lowest BCUT2D eigenvalue weighted by Crippen LogP contribution is -2.51. The van der Waals surface area contributed by atoms with E-state index in [9.17, 15) is 14.7 Å². The van der Waals surface area contributed by atoms with Gasteiger partial charge in [0.05, 0.1) is 6.10 Å². The standard InChI is InChI=1S/C32H50N2O4/c1-21(4-11-29(36)33-16-18-34(19-17-33)30(37)38-24-6-7-24)26-9-10-27-25-8-5-22-20-23(35)12-14-31(22,2)28(25)13-15-32(26,27)3/h5,21,23-28,35H,4,6-20H2,1-3H3/t21-,23+,25+,26-,27+,28+,31+,32-/m1/s1. The molecular weight excluding hydrogens is 476 g/mol. The lowest BCUT2D eigenvalue weighted by atomic mass is 9.47. The molecule has 5 aliphatic carbocycles. The van der Waals surface area contributed by atoms with Gasteiger partial charge in [0.2, 0.25) is 5.91 Å². The minimum absolute atomic E-state index is 0.132. The molecule has 4 saturated carbocycles. The number of aliphatic hydroxyl groups excluding tert-OH is 1. The molecule has 1 saturated heterocycles. The molecular formula is C32H50N2O4. The van der Waals surface area contributed by atoms with Gasteiger partial charge in [-0.15, -0.1) is 0 Å². The molecule has 1 heterocycles. The van der Waals surface area contributed by atoms with Crippen molar-refractivity contribution in [2.45, 2.75) is 110 Å². The van der Waals surface area contributed by atoms with Gasteiger partial charge in [-0.3, -0.25) is 4.79 Å². The maximum absolute atomic E-state index is 13.1. The minimum Gasteiger partial charge on any atom is -0.446 e. The zero-order valence-electron chi connectivity index (χ0n) is 24.0. The summed E-state index contributed by atoms with van der Waals surface area (Å²) >= 11 is 0. The second-order valence-electron chi connectivity index (χ2n) is 14.4. The molecule has 2 amide bonds. The lowest BCUT2D eigenvalue weighted by molar-refractivity contribution is -0.133. The highest BCUT2D eigenvalue weighted by molar-refractivity contribution is 5.76. The van der Waals surface area contributed by atoms with E-state index in [2.05, 4.69) is 26.8 Å². The molecule has 0 bridgehead atoms. The number of allylic oxidation sites excluding steroid dienone is 1. The molecule has 0 radical (unpaired) electrons. The van der Waals surface area contributed by atoms with Crippen molar-refractivity contribution < 1.29 is 19.4 Å². The highest BCUT2D eigenvalue weighted by Gasteiger charge is 2.59. The van der Waals surface area contributed by atoms with Crippen LogP contribution in [0, 0.1) is 40.4 Å². The van der Waals surface area contributed by atoms with Gasteiger partial charge in [-0.2, -0.15) is 0 Å². The number of nitrogens with zero attached hydrogens (tertiary/aromatic N) is 2. The third kappa shape index (κ3) is 4.71. The van der Waals surface area contributed by atoms with Gasteiger partial charge in [0, 0.05) is 32.6 Å². The molecule has 6 nitrogen and oxygen atoms in total. The van der Waals surface area contributed by atoms with E-state index in [0.29, 0.717) is 55.3 Å². The first-order valence-electron chi connectivity index (χ1n) is 15.8. The molecule has 6 aliphatic rings. The van der Waals surface area contributed by atoms with Crippen molar-refractivity contribution >= 4 is 12.0 Å². The van der Waals surface area contributed by atoms with Gasteiger partial charge in [0.15, 0.2) is 0 Å². The molecule has 1 N–H and O–H groups in total. The van der Waals surface area contributed by atoms with Gasteiger partial charge in [0.1, 0.15) is 6.10 Å². The Labute approximate surface area is 229 Å². The number of piperazine rings is 1. The Balaban J connectivity index is 1.02. The van der Waals surface area contributed by atoms with E-state index in [1.54, 1.807) is 10.5 Å². The average molecular weight is 527 g/mol. The number of fused-ring (bicyclic) bond motifs is 5. The predicted molar refractivity (Wildman–Crippen MR) is 147 cm³/mol. The maximum atomic E-state index is 13.1. The summed E-state index contributed by atoms with van der Waals surface area (Å²) in [6, 6.07) is 0. The van der Waals surface area contributed by atoms with Crippen molar-refractivity contribution in [2.75, 3.05) is 26.2 Å². The minimum atomic E-state index is -0.202. The SMILES string of the molecule is C[C@H](CCC(=O)N1CCN(C(=O)OC2CC2)CC1)[C@H]1CC[C@H]2[C@@H]3CC=C4C[C@@H](O)CC[C@]4(C)[C@H]3CC[C@]12C. The Kier molecular flexibility index (Phi) is 7.10. The van der Waals surface area contributed by atoms with Crippen LogP contribution in [0.2, 0.25) is 0 Å². The summed E-state index contributed by atoms with van der Waals surface area (Å²) in [6.07, 6.45) is 15.5. The number of hydrogen-bond acceptors (Lipinski definition) is 4. The highest BCUT2D eigenvalue weighted by Crippen LogP contribution is 2.67. The van der Waals surface area contributed by atoms with E-state index in [1.807, 2.05) is 4.90 Å². The number of carbonyl (C=O) groups excluding carboxylic acids is 2. The van der Waals surface area contributed by atoms with Gasteiger partial charge in [-0.25, -0.2) is 4.79 Å². The summed E-state index contributed by atoms with van der Waals surface area (Å²) < 4.78 is 5.42. The van der Waals surface area contributed by atoms with Crippen LogP contribution in [0.5, 0.6) is 0 Å². The summed E-state index contributed by atoms with van der Waals surface area (Å²) in [5.41, 5.74) is 2.26. The van der Waals surface area contributed by atoms with E-state index >= 15 is 0 Å². The molecule has 0 aromatic rings. The first kappa shape index (κ1) is 26.7. The number of hydrogen-bond donors (Lipinski definition) is 1. The van der Waals surface area contributed by atoms with Crippen LogP contribution in [0.15, 0.2) is 11.6 Å². The van der Waals surface area contributed by atoms with E-state index in [4.69, 9.17) is 4.74 Å². The summed E-state index contributed by atoms with van der Waals surface area (Å²) in [4.78, 5) is 29.0. The molecule has 8 atom stereocenters. The molecule has 0 aromatic heterocycles. The smallest absolute Gasteiger partial charge is 0.410 e. The van der Waals surface area contributed by atoms with Crippen molar-refractivity contribution in [3.05, 3.63) is 11.6 Å². The van der Waals surface area contributed by atoms with Crippen molar-refractivity contribution in [3.8, 4) is 0 Å². The van der Waals surface area contributed by atoms with Crippen molar-refractivity contribution in [3.63, 3.8) is 0 Å². The fourth-order valence-electron chi connectivity index (χ4n) is 9.87. The Hall–Kier alpha value is -1.56. The fraction of sp³-hybridized carbons (Fsp3) is 0.875. The Morgan fingerprint density at radius 3 is 2.47 bits per heavy atom. The molecule has 0 unspecified atom stereocenters. The summed E-state index contributed by atoms with van der Waals surface area (Å²) in [5.74, 6) is 3.91. The Morgan fingerprint density at radius 2 is 1.74 bits per heavy atom. The van der Waals surface area contributed by atoms with E-state index in [1.165, 1.54) is 32.1 Å². The first-order valence-corrected chi connectivity index (χ1v) is 15.8. The predicted octanol–water partition coefficient (Wildman–Crippen LogP) is 5.79. The highest BCUT2D eigenvalue weighted by atomic mass is 16.6. The molecule has 0 aromatic carbocycles. The second-order valence-corrected chi connectivity index (χ2v) is 14.4. The van der Waals surface area contributed by atoms with Crippen LogP contribution < -0.4 is 0 Å². The monoisotopic (exact) mass is 526 g/mol. The molecule has 38 heavy (non-hydrogen) atoms. The first-order chi connectivity index (χ1) is 18.2. The number of ether oxygens (including phenoxy) is 1. The maximum Gasteiger partial charge on any atom is 0.410 e. The van der Waals surface area contributed by atoms with Crippen LogP contribution in [-0.4, -0.2) is 65.3 Å². The van der Waals surface area contributed by atoms with Crippen LogP contribution >= 0.6 is 0 Å². The van der Waals surface area contributed by atoms with E-state index in [0.717, 1.165) is 56.3 Å². The second kappa shape index (κ2) is 10.1. The van der Waals surface area contributed by atoms with Crippen LogP contribution in [0.1, 0.15) is 97.8 Å². The van der Waals surface area contributed by atoms with Gasteiger partial charge < -0.3 is 19.6 Å². The Bertz CT molecular complexity index is 953. The summed E-state index contributed by atoms with van der Waals surface area (Å²) in [6.45, 7) is 9.95. The van der Waals surface area contributed by atoms with Crippen molar-refractivity contribution in [1.82, 2.24) is 9.80 Å². The van der Waals surface area contributed by atoms with Gasteiger partial charge >= 0.3 is 6.09 Å². The topological polar surface area (TPSA) is 70.1 Å². The van der Waals surface area contributed by atoms with Crippen LogP contribution in [0.25, 0.3) is 0 Å². The molecule has 212 valence electrons. The molecule has 5 fully saturated rings. The normalized spacial score (nSPS) is 41.5. The van der Waals surface area contributed by atoms with Crippen LogP contribution in [0.4, 0.5) is 4.79 Å². The zero-order chi connectivity index (χ0) is 26.7. The van der Waals surface area contributed by atoms with Gasteiger partial charge in [-0.05, 0) is 111 Å². The van der Waals surface area contributed by atoms with Gasteiger partial charge in [0.25, 0.3) is 0 Å². The number of carbonyl (C=O) groups is 2. The molecule has 6 heteroatoms. The van der Waals surface area contributed by atoms with E-state index in [-0.39, 0.29) is 24.2 Å². The number of aliphatic hydroxyl groups is 1. The molecule has 0 spiro atoms. The third-order valence-corrected chi connectivity index (χ3v) is 12.3. The molecule has 1 aliphatic heterocycles. The molecule has 6 rings (SSSR count). The fourth-order valence-corrected chi connectivity index (χ4v) is 9.87. The van der Waals surface area contributed by atoms with E-state index < -0.39 is 0 Å². The Morgan fingerprint density at radius 1 is 1.00 bits per heavy atom. The summed E-state index contributed by atoms with van der Waals surface area (Å²) in [7, 11) is 0. The average Bonchev–Trinajstić information content (AvgIpc) is 3.65. The largest absolute Gasteiger partial charge is 0.446 e. The number of amides is 2.